The predicted octanol–water partition coefficient (Wildman–Crippen LogP) is 1.43. The fraction of sp³-hybridized carbons (Fsp3) is 0.667. The first-order valence-electron chi connectivity index (χ1n) is 4.68. The van der Waals surface area contributed by atoms with Crippen LogP contribution >= 0.6 is 11.6 Å². The molecule has 1 aromatic rings. The number of hydrogen-bond acceptors (Lipinski definition) is 3. The number of hydrazine groups is 1. The van der Waals surface area contributed by atoms with Crippen LogP contribution in [-0.4, -0.2) is 28.9 Å². The minimum Gasteiger partial charge on any atom is -0.267 e. The van der Waals surface area contributed by atoms with Gasteiger partial charge in [0, 0.05) is 20.6 Å². The van der Waals surface area contributed by atoms with Crippen LogP contribution in [-0.2, 0) is 13.1 Å². The van der Waals surface area contributed by atoms with E-state index in [1.807, 2.05) is 30.7 Å². The third kappa shape index (κ3) is 2.47. The Hall–Kier alpha value is -0.580. The number of halogens is 1. The molecule has 0 bridgehead atoms. The van der Waals surface area contributed by atoms with E-state index in [2.05, 4.69) is 17.4 Å². The highest BCUT2D eigenvalue weighted by molar-refractivity contribution is 6.31. The van der Waals surface area contributed by atoms with Crippen molar-refractivity contribution in [3.8, 4) is 0 Å². The van der Waals surface area contributed by atoms with Crippen molar-refractivity contribution in [2.24, 2.45) is 0 Å². The van der Waals surface area contributed by atoms with E-state index in [0.717, 1.165) is 23.0 Å². The van der Waals surface area contributed by atoms with Gasteiger partial charge in [-0.05, 0) is 13.8 Å². The van der Waals surface area contributed by atoms with Crippen LogP contribution in [0.15, 0.2) is 0 Å². The average Bonchev–Trinajstić information content (AvgIpc) is 2.40. The van der Waals surface area contributed by atoms with Crippen LogP contribution in [0.4, 0.5) is 0 Å². The van der Waals surface area contributed by atoms with Crippen molar-refractivity contribution in [3.05, 3.63) is 16.4 Å². The number of rotatable bonds is 4. The second kappa shape index (κ2) is 4.77. The van der Waals surface area contributed by atoms with Gasteiger partial charge >= 0.3 is 0 Å². The first kappa shape index (κ1) is 11.5. The molecule has 0 amide bonds. The molecule has 1 heterocycles. The average molecular weight is 217 g/mol. The zero-order valence-corrected chi connectivity index (χ0v) is 9.89. The highest BCUT2D eigenvalue weighted by atomic mass is 35.5. The molecule has 5 heteroatoms. The lowest BCUT2D eigenvalue weighted by atomic mass is 10.3. The number of aromatic nitrogens is 2. The molecule has 14 heavy (non-hydrogen) atoms. The van der Waals surface area contributed by atoms with Crippen LogP contribution in [0.1, 0.15) is 18.3 Å². The van der Waals surface area contributed by atoms with Crippen LogP contribution < -0.4 is 5.43 Å². The van der Waals surface area contributed by atoms with Gasteiger partial charge in [-0.15, -0.1) is 0 Å². The van der Waals surface area contributed by atoms with Gasteiger partial charge < -0.3 is 0 Å². The molecular formula is C9H17ClN4. The Balaban J connectivity index is 2.82. The summed E-state index contributed by atoms with van der Waals surface area (Å²) in [4.78, 5) is 0. The summed E-state index contributed by atoms with van der Waals surface area (Å²) >= 11 is 6.13. The van der Waals surface area contributed by atoms with Crippen molar-refractivity contribution >= 4 is 11.6 Å². The van der Waals surface area contributed by atoms with Gasteiger partial charge in [0.05, 0.1) is 23.0 Å². The smallest absolute Gasteiger partial charge is 0.0860 e. The van der Waals surface area contributed by atoms with Crippen LogP contribution in [0.25, 0.3) is 0 Å². The maximum Gasteiger partial charge on any atom is 0.0860 e. The fourth-order valence-corrected chi connectivity index (χ4v) is 1.47. The van der Waals surface area contributed by atoms with Gasteiger partial charge in [-0.3, -0.25) is 9.69 Å². The van der Waals surface area contributed by atoms with E-state index >= 15 is 0 Å². The first-order valence-corrected chi connectivity index (χ1v) is 5.06. The van der Waals surface area contributed by atoms with Crippen LogP contribution in [0.5, 0.6) is 0 Å². The quantitative estimate of drug-likeness (QED) is 0.774. The molecule has 0 aliphatic heterocycles. The second-order valence-corrected chi connectivity index (χ2v) is 3.77. The Labute approximate surface area is 89.8 Å². The minimum atomic E-state index is 0.709. The summed E-state index contributed by atoms with van der Waals surface area (Å²) in [5.74, 6) is 0. The fourth-order valence-electron chi connectivity index (χ4n) is 1.27. The van der Waals surface area contributed by atoms with Crippen molar-refractivity contribution in [2.75, 3.05) is 14.1 Å². The van der Waals surface area contributed by atoms with E-state index in [4.69, 9.17) is 11.6 Å². The van der Waals surface area contributed by atoms with Crippen molar-refractivity contribution in [1.82, 2.24) is 20.2 Å². The monoisotopic (exact) mass is 216 g/mol. The molecule has 0 saturated heterocycles. The van der Waals surface area contributed by atoms with Gasteiger partial charge in [0.1, 0.15) is 0 Å². The summed E-state index contributed by atoms with van der Waals surface area (Å²) in [5.41, 5.74) is 5.11. The molecule has 80 valence electrons. The van der Waals surface area contributed by atoms with E-state index in [-0.39, 0.29) is 0 Å². The summed E-state index contributed by atoms with van der Waals surface area (Å²) in [5, 5.41) is 7.00. The van der Waals surface area contributed by atoms with Gasteiger partial charge in [-0.25, -0.2) is 5.43 Å². The Morgan fingerprint density at radius 1 is 1.50 bits per heavy atom. The zero-order chi connectivity index (χ0) is 10.7. The maximum atomic E-state index is 6.13. The van der Waals surface area contributed by atoms with E-state index in [0.29, 0.717) is 6.54 Å². The molecule has 1 rings (SSSR count). The van der Waals surface area contributed by atoms with Gasteiger partial charge in [0.2, 0.25) is 0 Å². The lowest BCUT2D eigenvalue weighted by Gasteiger charge is -2.12. The van der Waals surface area contributed by atoms with Crippen LogP contribution in [0.3, 0.4) is 0 Å². The van der Waals surface area contributed by atoms with Crippen LogP contribution in [0.2, 0.25) is 5.02 Å². The van der Waals surface area contributed by atoms with Gasteiger partial charge in [-0.1, -0.05) is 11.6 Å². The van der Waals surface area contributed by atoms with Crippen molar-refractivity contribution in [1.29, 1.82) is 0 Å². The molecule has 0 aliphatic rings. The van der Waals surface area contributed by atoms with Gasteiger partial charge in [0.25, 0.3) is 0 Å². The topological polar surface area (TPSA) is 33.1 Å². The Kier molecular flexibility index (Phi) is 3.92. The summed E-state index contributed by atoms with van der Waals surface area (Å²) in [6.07, 6.45) is 0. The summed E-state index contributed by atoms with van der Waals surface area (Å²) in [6, 6.07) is 0. The van der Waals surface area contributed by atoms with E-state index in [1.165, 1.54) is 0 Å². The number of nitrogens with zero attached hydrogens (tertiary/aromatic N) is 3. The zero-order valence-electron chi connectivity index (χ0n) is 9.13. The lowest BCUT2D eigenvalue weighted by Crippen LogP contribution is -2.30. The Morgan fingerprint density at radius 3 is 2.64 bits per heavy atom. The molecule has 0 aliphatic carbocycles. The lowest BCUT2D eigenvalue weighted by molar-refractivity contribution is 0.281. The summed E-state index contributed by atoms with van der Waals surface area (Å²) in [7, 11) is 3.90. The molecule has 0 radical (unpaired) electrons. The molecular weight excluding hydrogens is 200 g/mol. The third-order valence-corrected chi connectivity index (χ3v) is 2.51. The van der Waals surface area contributed by atoms with E-state index in [9.17, 15) is 0 Å². The molecule has 0 aromatic carbocycles. The van der Waals surface area contributed by atoms with Crippen LogP contribution in [0, 0.1) is 6.92 Å². The molecule has 0 spiro atoms. The first-order chi connectivity index (χ1) is 6.56. The van der Waals surface area contributed by atoms with Gasteiger partial charge in [0.15, 0.2) is 0 Å². The Morgan fingerprint density at radius 2 is 2.14 bits per heavy atom. The number of aryl methyl sites for hydroxylation is 2. The second-order valence-electron chi connectivity index (χ2n) is 3.39. The molecule has 1 N–H and O–H groups in total. The minimum absolute atomic E-state index is 0.709. The van der Waals surface area contributed by atoms with Crippen molar-refractivity contribution in [3.63, 3.8) is 0 Å². The molecule has 0 atom stereocenters. The van der Waals surface area contributed by atoms with Crippen molar-refractivity contribution < 1.29 is 0 Å². The normalized spacial score (nSPS) is 11.3. The molecule has 0 saturated carbocycles. The predicted molar refractivity (Wildman–Crippen MR) is 58.2 cm³/mol. The standard InChI is InChI=1S/C9H17ClN4/c1-5-14-8(6-11-13(3)4)9(10)7(2)12-14/h11H,5-6H2,1-4H3. The third-order valence-electron chi connectivity index (χ3n) is 2.02. The largest absolute Gasteiger partial charge is 0.267 e. The highest BCUT2D eigenvalue weighted by Crippen LogP contribution is 2.19. The molecule has 0 unspecified atom stereocenters. The number of hydrogen-bond donors (Lipinski definition) is 1. The molecule has 4 nitrogen and oxygen atoms in total. The SMILES string of the molecule is CCn1nc(C)c(Cl)c1CNN(C)C. The van der Waals surface area contributed by atoms with E-state index < -0.39 is 0 Å². The highest BCUT2D eigenvalue weighted by Gasteiger charge is 2.11. The molecule has 0 fully saturated rings. The summed E-state index contributed by atoms with van der Waals surface area (Å²) < 4.78 is 1.92. The number of nitrogens with one attached hydrogen (secondary N) is 1. The van der Waals surface area contributed by atoms with Gasteiger partial charge in [-0.2, -0.15) is 5.10 Å². The van der Waals surface area contributed by atoms with E-state index in [1.54, 1.807) is 0 Å². The Bertz CT molecular complexity index is 306. The van der Waals surface area contributed by atoms with Crippen molar-refractivity contribution in [2.45, 2.75) is 26.9 Å². The summed E-state index contributed by atoms with van der Waals surface area (Å²) in [6.45, 7) is 5.54. The molecule has 1 aromatic heterocycles. The maximum absolute atomic E-state index is 6.13.